The topological polar surface area (TPSA) is 40.4 Å². The molecule has 0 saturated carbocycles. The summed E-state index contributed by atoms with van der Waals surface area (Å²) in [5, 5.41) is 13.7. The van der Waals surface area contributed by atoms with Crippen molar-refractivity contribution in [1.29, 1.82) is 0 Å². The molecule has 0 saturated heterocycles. The lowest BCUT2D eigenvalue weighted by molar-refractivity contribution is -0.910. The predicted octanol–water partition coefficient (Wildman–Crippen LogP) is 1.39. The van der Waals surface area contributed by atoms with Gasteiger partial charge in [-0.25, -0.2) is 0 Å². The Hall–Kier alpha value is -1.32. The highest BCUT2D eigenvalue weighted by molar-refractivity contribution is 6.35. The monoisotopic (exact) mass is 264 g/mol. The van der Waals surface area contributed by atoms with Crippen LogP contribution in [0.2, 0.25) is 5.02 Å². The molecule has 0 aliphatic carbocycles. The molecule has 18 heavy (non-hydrogen) atoms. The Labute approximate surface area is 112 Å². The van der Waals surface area contributed by atoms with E-state index in [1.807, 2.05) is 6.07 Å². The van der Waals surface area contributed by atoms with E-state index < -0.39 is 0 Å². The molecule has 0 fully saturated rings. The van der Waals surface area contributed by atoms with Crippen molar-refractivity contribution in [3.63, 3.8) is 0 Å². The van der Waals surface area contributed by atoms with Crippen molar-refractivity contribution in [2.75, 3.05) is 13.1 Å². The van der Waals surface area contributed by atoms with Crippen molar-refractivity contribution >= 4 is 22.5 Å². The van der Waals surface area contributed by atoms with Gasteiger partial charge >= 0.3 is 0 Å². The lowest BCUT2D eigenvalue weighted by Gasteiger charge is -2.21. The number of quaternary nitrogens is 1. The van der Waals surface area contributed by atoms with Crippen molar-refractivity contribution in [1.82, 2.24) is 4.98 Å². The number of aromatic nitrogens is 1. The lowest BCUT2D eigenvalue weighted by Crippen LogP contribution is -3.10. The zero-order valence-corrected chi connectivity index (χ0v) is 11.4. The van der Waals surface area contributed by atoms with Crippen molar-refractivity contribution in [2.45, 2.75) is 20.4 Å². The van der Waals surface area contributed by atoms with E-state index in [0.717, 1.165) is 24.0 Å². The Kier molecular flexibility index (Phi) is 4.04. The van der Waals surface area contributed by atoms with Gasteiger partial charge in [-0.2, -0.15) is 0 Å². The van der Waals surface area contributed by atoms with Crippen molar-refractivity contribution in [3.05, 3.63) is 35.0 Å². The fourth-order valence-electron chi connectivity index (χ4n) is 2.13. The van der Waals surface area contributed by atoms with Crippen LogP contribution in [0, 0.1) is 0 Å². The lowest BCUT2D eigenvalue weighted by atomic mass is 10.1. The highest BCUT2D eigenvalue weighted by Gasteiger charge is 2.10. The quantitative estimate of drug-likeness (QED) is 0.907. The molecule has 1 aromatic heterocycles. The molecule has 96 valence electrons. The van der Waals surface area contributed by atoms with Gasteiger partial charge in [-0.3, -0.25) is 4.98 Å². The van der Waals surface area contributed by atoms with E-state index in [1.165, 1.54) is 4.90 Å². The highest BCUT2D eigenvalue weighted by Crippen LogP contribution is 2.30. The number of benzene rings is 1. The van der Waals surface area contributed by atoms with Crippen LogP contribution in [0.5, 0.6) is 5.75 Å². The number of rotatable bonds is 4. The fourth-order valence-corrected chi connectivity index (χ4v) is 2.41. The first-order valence-corrected chi connectivity index (χ1v) is 6.61. The summed E-state index contributed by atoms with van der Waals surface area (Å²) in [6.07, 6.45) is 1.63. The molecule has 0 amide bonds. The van der Waals surface area contributed by atoms with Gasteiger partial charge in [-0.1, -0.05) is 17.4 Å². The van der Waals surface area contributed by atoms with Gasteiger partial charge in [0.25, 0.3) is 0 Å². The Morgan fingerprint density at radius 3 is 2.72 bits per heavy atom. The number of halogens is 1. The van der Waals surface area contributed by atoms with Gasteiger partial charge in [0.1, 0.15) is 6.54 Å². The Morgan fingerprint density at radius 1 is 1.33 bits per heavy atom. The van der Waals surface area contributed by atoms with E-state index in [4.69, 9.17) is 11.6 Å². The minimum atomic E-state index is 0.00870. The molecule has 1 heterocycles. The summed E-state index contributed by atoms with van der Waals surface area (Å²) in [4.78, 5) is 5.51. The number of hydrogen-bond acceptors (Lipinski definition) is 2. The maximum absolute atomic E-state index is 12.3. The number of fused-ring (bicyclic) bond motifs is 1. The molecule has 0 aliphatic heterocycles. The second-order valence-electron chi connectivity index (χ2n) is 4.38. The third kappa shape index (κ3) is 2.42. The van der Waals surface area contributed by atoms with Crippen LogP contribution >= 0.6 is 11.6 Å². The Bertz CT molecular complexity index is 553. The Morgan fingerprint density at radius 2 is 2.06 bits per heavy atom. The first-order chi connectivity index (χ1) is 8.67. The van der Waals surface area contributed by atoms with E-state index in [0.29, 0.717) is 17.1 Å². The van der Waals surface area contributed by atoms with Crippen LogP contribution in [0.25, 0.3) is 10.9 Å². The van der Waals surface area contributed by atoms with Crippen LogP contribution < -0.4 is 10.0 Å². The van der Waals surface area contributed by atoms with Crippen molar-refractivity contribution in [3.8, 4) is 5.75 Å². The van der Waals surface area contributed by atoms with Gasteiger partial charge in [0.05, 0.1) is 23.6 Å². The van der Waals surface area contributed by atoms with Crippen LogP contribution in [0.3, 0.4) is 0 Å². The molecule has 4 heteroatoms. The standard InChI is InChI=1S/C14H17ClN2O/c1-3-17(4-2)9-10-8-12(15)11-6-5-7-16-13(11)14(10)18/h5-8,18H,3-4,9H2,1-2H3. The van der Waals surface area contributed by atoms with Gasteiger partial charge in [0.2, 0.25) is 0 Å². The van der Waals surface area contributed by atoms with E-state index in [1.54, 1.807) is 18.3 Å². The number of hydrogen-bond donors (Lipinski definition) is 1. The summed E-state index contributed by atoms with van der Waals surface area (Å²) in [6.45, 7) is 6.92. The van der Waals surface area contributed by atoms with Crippen molar-refractivity contribution in [2.24, 2.45) is 0 Å². The van der Waals surface area contributed by atoms with E-state index in [9.17, 15) is 5.11 Å². The molecule has 1 N–H and O–H groups in total. The average molecular weight is 265 g/mol. The number of nitrogens with zero attached hydrogens (tertiary/aromatic N) is 1. The molecule has 2 aromatic rings. The molecular formula is C14H17ClN2O. The third-order valence-corrected chi connectivity index (χ3v) is 3.63. The predicted molar refractivity (Wildman–Crippen MR) is 71.9 cm³/mol. The average Bonchev–Trinajstić information content (AvgIpc) is 2.41. The summed E-state index contributed by atoms with van der Waals surface area (Å²) in [5.41, 5.74) is 1.23. The normalized spacial score (nSPS) is 11.3. The largest absolute Gasteiger partial charge is 0.871 e. The van der Waals surface area contributed by atoms with Gasteiger partial charge in [0.15, 0.2) is 0 Å². The molecular weight excluding hydrogens is 248 g/mol. The first-order valence-electron chi connectivity index (χ1n) is 6.24. The zero-order valence-electron chi connectivity index (χ0n) is 10.7. The van der Waals surface area contributed by atoms with Crippen LogP contribution in [0.15, 0.2) is 24.4 Å². The van der Waals surface area contributed by atoms with Gasteiger partial charge in [0, 0.05) is 17.1 Å². The summed E-state index contributed by atoms with van der Waals surface area (Å²) in [5.74, 6) is 0.00870. The maximum Gasteiger partial charge on any atom is 0.102 e. The third-order valence-electron chi connectivity index (χ3n) is 3.31. The van der Waals surface area contributed by atoms with Crippen LogP contribution in [0.1, 0.15) is 19.4 Å². The molecule has 0 radical (unpaired) electrons. The SMILES string of the molecule is CC[NH+](CC)Cc1cc(Cl)c2cccnc2c1[O-]. The highest BCUT2D eigenvalue weighted by atomic mass is 35.5. The molecule has 2 rings (SSSR count). The molecule has 3 nitrogen and oxygen atoms in total. The van der Waals surface area contributed by atoms with Gasteiger partial charge in [-0.15, -0.1) is 0 Å². The molecule has 0 spiro atoms. The Balaban J connectivity index is 2.49. The van der Waals surface area contributed by atoms with Crippen LogP contribution in [-0.2, 0) is 6.54 Å². The van der Waals surface area contributed by atoms with E-state index in [-0.39, 0.29) is 5.75 Å². The first kappa shape index (κ1) is 13.1. The second kappa shape index (κ2) is 5.55. The van der Waals surface area contributed by atoms with E-state index >= 15 is 0 Å². The minimum Gasteiger partial charge on any atom is -0.871 e. The summed E-state index contributed by atoms with van der Waals surface area (Å²) < 4.78 is 0. The fraction of sp³-hybridized carbons (Fsp3) is 0.357. The van der Waals surface area contributed by atoms with Gasteiger partial charge < -0.3 is 10.0 Å². The summed E-state index contributed by atoms with van der Waals surface area (Å²) in [6, 6.07) is 5.42. The van der Waals surface area contributed by atoms with Crippen LogP contribution in [-0.4, -0.2) is 18.1 Å². The molecule has 0 aliphatic rings. The van der Waals surface area contributed by atoms with Crippen LogP contribution in [0.4, 0.5) is 0 Å². The van der Waals surface area contributed by atoms with Crippen molar-refractivity contribution < 1.29 is 10.0 Å². The summed E-state index contributed by atoms with van der Waals surface area (Å²) >= 11 is 6.22. The molecule has 0 atom stereocenters. The molecule has 0 bridgehead atoms. The minimum absolute atomic E-state index is 0.00870. The molecule has 1 aromatic carbocycles. The van der Waals surface area contributed by atoms with E-state index in [2.05, 4.69) is 18.8 Å². The number of nitrogens with one attached hydrogen (secondary N) is 1. The smallest absolute Gasteiger partial charge is 0.102 e. The molecule has 0 unspecified atom stereocenters. The zero-order chi connectivity index (χ0) is 13.1. The second-order valence-corrected chi connectivity index (χ2v) is 4.79. The number of pyridine rings is 1. The summed E-state index contributed by atoms with van der Waals surface area (Å²) in [7, 11) is 0. The maximum atomic E-state index is 12.3. The van der Waals surface area contributed by atoms with Gasteiger partial charge in [-0.05, 0) is 32.0 Å².